The van der Waals surface area contributed by atoms with E-state index < -0.39 is 6.09 Å². The molecule has 1 aliphatic carbocycles. The molecule has 0 atom stereocenters. The molecular formula is C16H20N4O2. The van der Waals surface area contributed by atoms with Crippen LogP contribution in [-0.2, 0) is 24.1 Å². The maximum atomic E-state index is 11.1. The Bertz CT molecular complexity index is 652. The van der Waals surface area contributed by atoms with Gasteiger partial charge in [-0.15, -0.1) is 0 Å². The van der Waals surface area contributed by atoms with Gasteiger partial charge in [-0.3, -0.25) is 9.67 Å². The second kappa shape index (κ2) is 6.60. The first-order valence-electron chi connectivity index (χ1n) is 7.60. The topological polar surface area (TPSA) is 69.0 Å². The second-order valence-electron chi connectivity index (χ2n) is 5.36. The minimum Gasteiger partial charge on any atom is -0.453 e. The zero-order valence-electron chi connectivity index (χ0n) is 12.7. The molecule has 22 heavy (non-hydrogen) atoms. The highest BCUT2D eigenvalue weighted by Gasteiger charge is 2.21. The average Bonchev–Trinajstić information content (AvgIpc) is 2.94. The number of alkyl carbamates (subject to hydrolysis) is 1. The van der Waals surface area contributed by atoms with Crippen LogP contribution in [0.4, 0.5) is 4.79 Å². The van der Waals surface area contributed by atoms with Gasteiger partial charge in [0.15, 0.2) is 0 Å². The van der Waals surface area contributed by atoms with Gasteiger partial charge in [-0.25, -0.2) is 4.79 Å². The summed E-state index contributed by atoms with van der Waals surface area (Å²) in [7, 11) is 1.37. The number of aromatic nitrogens is 3. The van der Waals surface area contributed by atoms with Gasteiger partial charge in [0.1, 0.15) is 0 Å². The van der Waals surface area contributed by atoms with E-state index in [-0.39, 0.29) is 0 Å². The van der Waals surface area contributed by atoms with Crippen molar-refractivity contribution in [1.29, 1.82) is 0 Å². The van der Waals surface area contributed by atoms with Crippen LogP contribution >= 0.6 is 0 Å². The molecule has 116 valence electrons. The Hall–Kier alpha value is -2.37. The third-order valence-electron chi connectivity index (χ3n) is 3.99. The van der Waals surface area contributed by atoms with Crippen LogP contribution in [0.15, 0.2) is 24.5 Å². The van der Waals surface area contributed by atoms with Crippen LogP contribution in [-0.4, -0.2) is 34.5 Å². The Kier molecular flexibility index (Phi) is 4.37. The van der Waals surface area contributed by atoms with E-state index in [4.69, 9.17) is 5.10 Å². The second-order valence-corrected chi connectivity index (χ2v) is 5.36. The van der Waals surface area contributed by atoms with Crippen LogP contribution in [0.3, 0.4) is 0 Å². The first-order valence-corrected chi connectivity index (χ1v) is 7.60. The summed E-state index contributed by atoms with van der Waals surface area (Å²) in [5, 5.41) is 7.49. The number of ether oxygens (including phenoxy) is 1. The van der Waals surface area contributed by atoms with Crippen molar-refractivity contribution in [2.24, 2.45) is 0 Å². The molecule has 0 aliphatic heterocycles. The van der Waals surface area contributed by atoms with Crippen molar-refractivity contribution in [3.8, 4) is 11.3 Å². The fraction of sp³-hybridized carbons (Fsp3) is 0.438. The van der Waals surface area contributed by atoms with Crippen molar-refractivity contribution in [1.82, 2.24) is 20.1 Å². The van der Waals surface area contributed by atoms with Gasteiger partial charge in [0.2, 0.25) is 0 Å². The van der Waals surface area contributed by atoms with Gasteiger partial charge in [0, 0.05) is 35.8 Å². The molecule has 0 unspecified atom stereocenters. The van der Waals surface area contributed by atoms with Crippen LogP contribution in [0.1, 0.15) is 24.1 Å². The van der Waals surface area contributed by atoms with Crippen LogP contribution < -0.4 is 5.32 Å². The lowest BCUT2D eigenvalue weighted by molar-refractivity contribution is 0.170. The van der Waals surface area contributed by atoms with Gasteiger partial charge < -0.3 is 10.1 Å². The number of nitrogens with one attached hydrogen (secondary N) is 1. The van der Waals surface area contributed by atoms with Crippen LogP contribution in [0.25, 0.3) is 11.3 Å². The predicted molar refractivity (Wildman–Crippen MR) is 82.5 cm³/mol. The van der Waals surface area contributed by atoms with E-state index in [1.165, 1.54) is 31.2 Å². The molecule has 1 aliphatic rings. The van der Waals surface area contributed by atoms with E-state index in [2.05, 4.69) is 15.0 Å². The molecule has 0 aromatic carbocycles. The first kappa shape index (κ1) is 14.6. The van der Waals surface area contributed by atoms with Crippen molar-refractivity contribution in [3.63, 3.8) is 0 Å². The van der Waals surface area contributed by atoms with E-state index in [1.807, 2.05) is 16.8 Å². The zero-order chi connectivity index (χ0) is 15.4. The first-order chi connectivity index (χ1) is 10.8. The molecule has 2 aromatic rings. The van der Waals surface area contributed by atoms with Gasteiger partial charge >= 0.3 is 6.09 Å². The third kappa shape index (κ3) is 2.95. The molecule has 0 saturated carbocycles. The van der Waals surface area contributed by atoms with Crippen molar-refractivity contribution in [2.75, 3.05) is 13.7 Å². The molecule has 6 nitrogen and oxygen atoms in total. The summed E-state index contributed by atoms with van der Waals surface area (Å²) in [6.07, 6.45) is 7.69. The van der Waals surface area contributed by atoms with E-state index in [0.717, 1.165) is 24.1 Å². The number of rotatable bonds is 4. The maximum Gasteiger partial charge on any atom is 0.406 e. The molecule has 0 radical (unpaired) electrons. The van der Waals surface area contributed by atoms with E-state index in [0.29, 0.717) is 13.1 Å². The quantitative estimate of drug-likeness (QED) is 0.939. The number of carbonyl (C=O) groups is 1. The molecule has 0 saturated heterocycles. The van der Waals surface area contributed by atoms with Gasteiger partial charge in [0.25, 0.3) is 0 Å². The normalized spacial score (nSPS) is 13.5. The number of pyridine rings is 1. The van der Waals surface area contributed by atoms with E-state index in [9.17, 15) is 4.79 Å². The van der Waals surface area contributed by atoms with Gasteiger partial charge in [-0.2, -0.15) is 5.10 Å². The monoisotopic (exact) mass is 300 g/mol. The maximum absolute atomic E-state index is 11.1. The van der Waals surface area contributed by atoms with E-state index in [1.54, 1.807) is 12.4 Å². The number of methoxy groups -OCH3 is 1. The molecule has 0 spiro atoms. The molecule has 2 aromatic heterocycles. The summed E-state index contributed by atoms with van der Waals surface area (Å²) in [4.78, 5) is 15.2. The summed E-state index contributed by atoms with van der Waals surface area (Å²) in [6, 6.07) is 3.99. The molecule has 0 bridgehead atoms. The van der Waals surface area contributed by atoms with Crippen LogP contribution in [0.5, 0.6) is 0 Å². The highest BCUT2D eigenvalue weighted by atomic mass is 16.5. The number of amides is 1. The van der Waals surface area contributed by atoms with Crippen molar-refractivity contribution >= 4 is 6.09 Å². The standard InChI is InChI=1S/C16H20N4O2/c1-22-16(21)18-10-11-20-14-5-3-2-4-13(14)15(19-20)12-6-8-17-9-7-12/h6-9H,2-5,10-11H2,1H3,(H,18,21). The largest absolute Gasteiger partial charge is 0.453 e. The Morgan fingerprint density at radius 2 is 2.09 bits per heavy atom. The number of carbonyl (C=O) groups excluding carboxylic acids is 1. The third-order valence-corrected chi connectivity index (χ3v) is 3.99. The fourth-order valence-electron chi connectivity index (χ4n) is 2.93. The molecule has 1 N–H and O–H groups in total. The summed E-state index contributed by atoms with van der Waals surface area (Å²) < 4.78 is 6.62. The highest BCUT2D eigenvalue weighted by molar-refractivity contribution is 5.66. The highest BCUT2D eigenvalue weighted by Crippen LogP contribution is 2.30. The minimum atomic E-state index is -0.407. The average molecular weight is 300 g/mol. The summed E-state index contributed by atoms with van der Waals surface area (Å²) in [5.41, 5.74) is 4.79. The number of fused-ring (bicyclic) bond motifs is 1. The lowest BCUT2D eigenvalue weighted by Gasteiger charge is -2.14. The molecule has 0 fully saturated rings. The molecule has 3 rings (SSSR count). The van der Waals surface area contributed by atoms with Crippen molar-refractivity contribution in [2.45, 2.75) is 32.2 Å². The fourth-order valence-corrected chi connectivity index (χ4v) is 2.93. The van der Waals surface area contributed by atoms with Crippen LogP contribution in [0.2, 0.25) is 0 Å². The summed E-state index contributed by atoms with van der Waals surface area (Å²) >= 11 is 0. The van der Waals surface area contributed by atoms with Gasteiger partial charge in [0.05, 0.1) is 19.3 Å². The van der Waals surface area contributed by atoms with Gasteiger partial charge in [-0.05, 0) is 37.8 Å². The van der Waals surface area contributed by atoms with Crippen molar-refractivity contribution in [3.05, 3.63) is 35.8 Å². The van der Waals surface area contributed by atoms with E-state index >= 15 is 0 Å². The Morgan fingerprint density at radius 1 is 1.32 bits per heavy atom. The zero-order valence-corrected chi connectivity index (χ0v) is 12.7. The smallest absolute Gasteiger partial charge is 0.406 e. The predicted octanol–water partition coefficient (Wildman–Crippen LogP) is 2.18. The Balaban J connectivity index is 1.84. The lowest BCUT2D eigenvalue weighted by Crippen LogP contribution is -2.27. The minimum absolute atomic E-state index is 0.407. The Morgan fingerprint density at radius 3 is 2.86 bits per heavy atom. The SMILES string of the molecule is COC(=O)NCCn1nc(-c2ccncc2)c2c1CCCC2. The van der Waals surface area contributed by atoms with Crippen molar-refractivity contribution < 1.29 is 9.53 Å². The van der Waals surface area contributed by atoms with Crippen LogP contribution in [0, 0.1) is 0 Å². The number of nitrogens with zero attached hydrogens (tertiary/aromatic N) is 3. The van der Waals surface area contributed by atoms with Gasteiger partial charge in [-0.1, -0.05) is 0 Å². The molecule has 2 heterocycles. The Labute approximate surface area is 129 Å². The molecular weight excluding hydrogens is 280 g/mol. The molecule has 1 amide bonds. The summed E-state index contributed by atoms with van der Waals surface area (Å²) in [5.74, 6) is 0. The number of hydrogen-bond donors (Lipinski definition) is 1. The lowest BCUT2D eigenvalue weighted by atomic mass is 9.94. The molecule has 6 heteroatoms. The summed E-state index contributed by atoms with van der Waals surface area (Å²) in [6.45, 7) is 1.17. The number of hydrogen-bond acceptors (Lipinski definition) is 4.